The zero-order valence-electron chi connectivity index (χ0n) is 11.2. The molecule has 2 amide bonds. The van der Waals surface area contributed by atoms with Gasteiger partial charge in [-0.3, -0.25) is 9.59 Å². The third-order valence-electron chi connectivity index (χ3n) is 2.57. The number of phenols is 1. The van der Waals surface area contributed by atoms with Crippen molar-refractivity contribution in [2.75, 3.05) is 0 Å². The number of halogens is 1. The van der Waals surface area contributed by atoms with Crippen LogP contribution in [0.2, 0.25) is 0 Å². The molecule has 1 heterocycles. The smallest absolute Gasteiger partial charge is 0.329 e. The summed E-state index contributed by atoms with van der Waals surface area (Å²) in [4.78, 5) is 23.0. The third-order valence-corrected chi connectivity index (χ3v) is 3.06. The van der Waals surface area contributed by atoms with Crippen molar-refractivity contribution in [3.63, 3.8) is 0 Å². The number of nitrogens with zero attached hydrogens (tertiary/aromatic N) is 1. The summed E-state index contributed by atoms with van der Waals surface area (Å²) < 4.78 is 5.76. The molecule has 7 nitrogen and oxygen atoms in total. The van der Waals surface area contributed by atoms with Crippen LogP contribution >= 0.6 is 15.9 Å². The molecule has 0 aliphatic carbocycles. The lowest BCUT2D eigenvalue weighted by atomic mass is 10.2. The minimum absolute atomic E-state index is 0.00321. The van der Waals surface area contributed by atoms with Gasteiger partial charge in [-0.1, -0.05) is 15.9 Å². The fourth-order valence-electron chi connectivity index (χ4n) is 1.50. The monoisotopic (exact) mass is 365 g/mol. The Labute approximate surface area is 134 Å². The summed E-state index contributed by atoms with van der Waals surface area (Å²) in [6.45, 7) is 0.107. The number of amides is 2. The van der Waals surface area contributed by atoms with Gasteiger partial charge in [0.25, 0.3) is 0 Å². The summed E-state index contributed by atoms with van der Waals surface area (Å²) in [6.07, 6.45) is 2.70. The van der Waals surface area contributed by atoms with Crippen molar-refractivity contribution in [3.8, 4) is 5.75 Å². The predicted octanol–water partition coefficient (Wildman–Crippen LogP) is 1.51. The number of rotatable bonds is 4. The van der Waals surface area contributed by atoms with Gasteiger partial charge in [-0.25, -0.2) is 5.43 Å². The van der Waals surface area contributed by atoms with E-state index in [-0.39, 0.29) is 12.3 Å². The zero-order chi connectivity index (χ0) is 15.9. The Hall–Kier alpha value is -2.61. The topological polar surface area (TPSA) is 104 Å². The van der Waals surface area contributed by atoms with Crippen LogP contribution in [0.3, 0.4) is 0 Å². The second-order valence-electron chi connectivity index (χ2n) is 4.16. The summed E-state index contributed by atoms with van der Waals surface area (Å²) in [7, 11) is 0. The number of carbonyl (C=O) groups is 2. The van der Waals surface area contributed by atoms with Crippen LogP contribution in [-0.4, -0.2) is 23.1 Å². The van der Waals surface area contributed by atoms with Crippen LogP contribution in [-0.2, 0) is 16.1 Å². The number of benzene rings is 1. The van der Waals surface area contributed by atoms with Crippen LogP contribution in [0.4, 0.5) is 0 Å². The van der Waals surface area contributed by atoms with Crippen molar-refractivity contribution >= 4 is 34.0 Å². The largest absolute Gasteiger partial charge is 0.507 e. The van der Waals surface area contributed by atoms with Crippen LogP contribution < -0.4 is 10.7 Å². The highest BCUT2D eigenvalue weighted by Gasteiger charge is 2.12. The molecule has 2 aromatic rings. The molecule has 1 aromatic heterocycles. The van der Waals surface area contributed by atoms with Crippen molar-refractivity contribution in [2.24, 2.45) is 5.10 Å². The van der Waals surface area contributed by atoms with E-state index in [9.17, 15) is 14.7 Å². The SMILES string of the molecule is O=C(NCc1ccco1)C(=O)N/N=C/c1cc(Br)ccc1O. The number of carbonyl (C=O) groups excluding carboxylic acids is 2. The van der Waals surface area contributed by atoms with Gasteiger partial charge in [-0.2, -0.15) is 5.10 Å². The van der Waals surface area contributed by atoms with E-state index in [2.05, 4.69) is 31.8 Å². The van der Waals surface area contributed by atoms with Gasteiger partial charge in [0.15, 0.2) is 0 Å². The number of furan rings is 1. The van der Waals surface area contributed by atoms with Crippen LogP contribution in [0.1, 0.15) is 11.3 Å². The standard InChI is InChI=1S/C14H12BrN3O4/c15-10-3-4-12(19)9(6-10)7-17-18-14(21)13(20)16-8-11-2-1-5-22-11/h1-7,19H,8H2,(H,16,20)(H,18,21)/b17-7+. The summed E-state index contributed by atoms with van der Waals surface area (Å²) in [5.41, 5.74) is 2.46. The Bertz CT molecular complexity index is 698. The Balaban J connectivity index is 1.85. The van der Waals surface area contributed by atoms with E-state index in [1.165, 1.54) is 18.5 Å². The van der Waals surface area contributed by atoms with Gasteiger partial charge < -0.3 is 14.8 Å². The summed E-state index contributed by atoms with van der Waals surface area (Å²) in [5, 5.41) is 15.6. The Morgan fingerprint density at radius 3 is 2.86 bits per heavy atom. The number of phenolic OH excluding ortho intramolecular Hbond substituents is 1. The molecule has 1 aromatic carbocycles. The maximum atomic E-state index is 11.5. The van der Waals surface area contributed by atoms with E-state index in [0.717, 1.165) is 4.47 Å². The fourth-order valence-corrected chi connectivity index (χ4v) is 1.88. The average molecular weight is 366 g/mol. The van der Waals surface area contributed by atoms with Crippen molar-refractivity contribution in [3.05, 3.63) is 52.4 Å². The summed E-state index contributed by atoms with van der Waals surface area (Å²) in [5.74, 6) is -1.23. The van der Waals surface area contributed by atoms with Crippen molar-refractivity contribution in [2.45, 2.75) is 6.54 Å². The molecule has 0 bridgehead atoms. The van der Waals surface area contributed by atoms with Crippen molar-refractivity contribution < 1.29 is 19.1 Å². The van der Waals surface area contributed by atoms with E-state index in [1.54, 1.807) is 24.3 Å². The lowest BCUT2D eigenvalue weighted by molar-refractivity contribution is -0.139. The maximum absolute atomic E-state index is 11.5. The van der Waals surface area contributed by atoms with Gasteiger partial charge in [0.05, 0.1) is 19.0 Å². The Morgan fingerprint density at radius 2 is 2.14 bits per heavy atom. The van der Waals surface area contributed by atoms with Crippen molar-refractivity contribution in [1.29, 1.82) is 0 Å². The normalized spacial score (nSPS) is 10.6. The van der Waals surface area contributed by atoms with Gasteiger partial charge >= 0.3 is 11.8 Å². The molecule has 8 heteroatoms. The zero-order valence-corrected chi connectivity index (χ0v) is 12.8. The molecule has 0 saturated carbocycles. The molecule has 0 saturated heterocycles. The Kier molecular flexibility index (Phi) is 5.31. The minimum atomic E-state index is -0.919. The molecular weight excluding hydrogens is 354 g/mol. The molecule has 0 unspecified atom stereocenters. The van der Waals surface area contributed by atoms with E-state index >= 15 is 0 Å². The quantitative estimate of drug-likeness (QED) is 0.434. The molecule has 0 atom stereocenters. The lowest BCUT2D eigenvalue weighted by Crippen LogP contribution is -2.37. The van der Waals surface area contributed by atoms with Gasteiger partial charge in [-0.15, -0.1) is 0 Å². The van der Waals surface area contributed by atoms with E-state index in [0.29, 0.717) is 11.3 Å². The predicted molar refractivity (Wildman–Crippen MR) is 82.1 cm³/mol. The molecule has 22 heavy (non-hydrogen) atoms. The number of hydrogen-bond acceptors (Lipinski definition) is 5. The molecule has 0 aliphatic heterocycles. The first-order valence-corrected chi connectivity index (χ1v) is 6.97. The minimum Gasteiger partial charge on any atom is -0.507 e. The average Bonchev–Trinajstić information content (AvgIpc) is 3.01. The number of aromatic hydroxyl groups is 1. The van der Waals surface area contributed by atoms with Crippen LogP contribution in [0.15, 0.2) is 50.6 Å². The first kappa shape index (κ1) is 15.8. The second-order valence-corrected chi connectivity index (χ2v) is 5.08. The molecule has 114 valence electrons. The third kappa shape index (κ3) is 4.45. The lowest BCUT2D eigenvalue weighted by Gasteiger charge is -2.02. The molecule has 0 aliphatic rings. The maximum Gasteiger partial charge on any atom is 0.329 e. The summed E-state index contributed by atoms with van der Waals surface area (Å²) in [6, 6.07) is 8.10. The second kappa shape index (κ2) is 7.41. The first-order chi connectivity index (χ1) is 10.6. The molecular formula is C14H12BrN3O4. The highest BCUT2D eigenvalue weighted by molar-refractivity contribution is 9.10. The van der Waals surface area contributed by atoms with E-state index in [1.807, 2.05) is 0 Å². The van der Waals surface area contributed by atoms with Crippen LogP contribution in [0, 0.1) is 0 Å². The number of nitrogens with one attached hydrogen (secondary N) is 2. The highest BCUT2D eigenvalue weighted by atomic mass is 79.9. The van der Waals surface area contributed by atoms with Crippen LogP contribution in [0.25, 0.3) is 0 Å². The van der Waals surface area contributed by atoms with Gasteiger partial charge in [0.2, 0.25) is 0 Å². The molecule has 3 N–H and O–H groups in total. The molecule has 0 fully saturated rings. The number of hydrogen-bond donors (Lipinski definition) is 3. The summed E-state index contributed by atoms with van der Waals surface area (Å²) >= 11 is 3.25. The van der Waals surface area contributed by atoms with E-state index < -0.39 is 11.8 Å². The van der Waals surface area contributed by atoms with Gasteiger partial charge in [-0.05, 0) is 30.3 Å². The first-order valence-electron chi connectivity index (χ1n) is 6.18. The van der Waals surface area contributed by atoms with Gasteiger partial charge in [0.1, 0.15) is 11.5 Å². The Morgan fingerprint density at radius 1 is 1.32 bits per heavy atom. The van der Waals surface area contributed by atoms with Gasteiger partial charge in [0, 0.05) is 10.0 Å². The highest BCUT2D eigenvalue weighted by Crippen LogP contribution is 2.19. The fraction of sp³-hybridized carbons (Fsp3) is 0.0714. The van der Waals surface area contributed by atoms with Crippen LogP contribution in [0.5, 0.6) is 5.75 Å². The van der Waals surface area contributed by atoms with E-state index in [4.69, 9.17) is 4.42 Å². The molecule has 0 spiro atoms. The molecule has 2 rings (SSSR count). The van der Waals surface area contributed by atoms with Crippen molar-refractivity contribution in [1.82, 2.24) is 10.7 Å². The molecule has 0 radical (unpaired) electrons. The number of hydrazone groups is 1.